The van der Waals surface area contributed by atoms with E-state index in [9.17, 15) is 4.79 Å². The van der Waals surface area contributed by atoms with E-state index in [0.717, 1.165) is 11.3 Å². The van der Waals surface area contributed by atoms with Crippen molar-refractivity contribution in [3.05, 3.63) is 29.8 Å². The van der Waals surface area contributed by atoms with Crippen LogP contribution in [0.25, 0.3) is 0 Å². The summed E-state index contributed by atoms with van der Waals surface area (Å²) in [6.07, 6.45) is 5.19. The molecule has 88 valence electrons. The molecule has 16 heavy (non-hydrogen) atoms. The molecule has 0 fully saturated rings. The van der Waals surface area contributed by atoms with Gasteiger partial charge in [-0.25, -0.2) is 0 Å². The first kappa shape index (κ1) is 13.3. The van der Waals surface area contributed by atoms with Gasteiger partial charge in [-0.15, -0.1) is 11.8 Å². The predicted molar refractivity (Wildman–Crippen MR) is 71.3 cm³/mol. The van der Waals surface area contributed by atoms with Crippen LogP contribution in [0.4, 0.5) is 0 Å². The number of rotatable bonds is 7. The lowest BCUT2D eigenvalue weighted by molar-refractivity contribution is 0.101. The molecule has 0 radical (unpaired) electrons. The van der Waals surface area contributed by atoms with Gasteiger partial charge < -0.3 is 0 Å². The van der Waals surface area contributed by atoms with Crippen molar-refractivity contribution in [1.82, 2.24) is 0 Å². The first-order valence-electron chi connectivity index (χ1n) is 5.98. The van der Waals surface area contributed by atoms with Gasteiger partial charge in [-0.1, -0.05) is 38.3 Å². The number of carbonyl (C=O) groups excluding carboxylic acids is 1. The SMILES string of the molecule is CCCCCCSc1cccc(C(C)=O)c1. The highest BCUT2D eigenvalue weighted by molar-refractivity contribution is 7.99. The zero-order chi connectivity index (χ0) is 11.8. The summed E-state index contributed by atoms with van der Waals surface area (Å²) in [6, 6.07) is 7.92. The first-order chi connectivity index (χ1) is 7.74. The maximum absolute atomic E-state index is 11.2. The van der Waals surface area contributed by atoms with Gasteiger partial charge in [0.15, 0.2) is 5.78 Å². The molecule has 0 atom stereocenters. The van der Waals surface area contributed by atoms with Gasteiger partial charge in [0.1, 0.15) is 0 Å². The Morgan fingerprint density at radius 2 is 2.06 bits per heavy atom. The summed E-state index contributed by atoms with van der Waals surface area (Å²) < 4.78 is 0. The molecule has 1 rings (SSSR count). The van der Waals surface area contributed by atoms with Crippen LogP contribution in [0.2, 0.25) is 0 Å². The maximum atomic E-state index is 11.2. The molecule has 0 N–H and O–H groups in total. The number of hydrogen-bond donors (Lipinski definition) is 0. The van der Waals surface area contributed by atoms with Crippen LogP contribution in [-0.2, 0) is 0 Å². The average Bonchev–Trinajstić information content (AvgIpc) is 2.29. The van der Waals surface area contributed by atoms with Crippen LogP contribution >= 0.6 is 11.8 Å². The van der Waals surface area contributed by atoms with Crippen LogP contribution in [-0.4, -0.2) is 11.5 Å². The van der Waals surface area contributed by atoms with Gasteiger partial charge in [-0.2, -0.15) is 0 Å². The Bertz CT molecular complexity index is 333. The topological polar surface area (TPSA) is 17.1 Å². The maximum Gasteiger partial charge on any atom is 0.159 e. The largest absolute Gasteiger partial charge is 0.295 e. The summed E-state index contributed by atoms with van der Waals surface area (Å²) >= 11 is 1.85. The van der Waals surface area contributed by atoms with E-state index in [-0.39, 0.29) is 5.78 Å². The molecule has 1 aromatic rings. The predicted octanol–water partition coefficient (Wildman–Crippen LogP) is 4.56. The van der Waals surface area contributed by atoms with Gasteiger partial charge in [0.2, 0.25) is 0 Å². The van der Waals surface area contributed by atoms with Crippen molar-refractivity contribution in [2.45, 2.75) is 44.4 Å². The zero-order valence-electron chi connectivity index (χ0n) is 10.2. The van der Waals surface area contributed by atoms with Crippen molar-refractivity contribution >= 4 is 17.5 Å². The van der Waals surface area contributed by atoms with Gasteiger partial charge in [-0.05, 0) is 31.2 Å². The Hall–Kier alpha value is -0.760. The lowest BCUT2D eigenvalue weighted by Crippen LogP contribution is -1.91. The van der Waals surface area contributed by atoms with E-state index in [1.54, 1.807) is 6.92 Å². The minimum absolute atomic E-state index is 0.147. The second kappa shape index (κ2) is 7.50. The number of Topliss-reactive ketones (excluding diaryl/α,β-unsaturated/α-hetero) is 1. The van der Waals surface area contributed by atoms with Crippen molar-refractivity contribution < 1.29 is 4.79 Å². The first-order valence-corrected chi connectivity index (χ1v) is 6.96. The summed E-state index contributed by atoms with van der Waals surface area (Å²) in [5.41, 5.74) is 0.818. The lowest BCUT2D eigenvalue weighted by Gasteiger charge is -2.03. The third kappa shape index (κ3) is 4.84. The monoisotopic (exact) mass is 236 g/mol. The third-order valence-electron chi connectivity index (χ3n) is 2.51. The van der Waals surface area contributed by atoms with Crippen LogP contribution < -0.4 is 0 Å². The summed E-state index contributed by atoms with van der Waals surface area (Å²) in [7, 11) is 0. The number of thioether (sulfide) groups is 1. The fourth-order valence-corrected chi connectivity index (χ4v) is 2.49. The molecular weight excluding hydrogens is 216 g/mol. The van der Waals surface area contributed by atoms with Crippen molar-refractivity contribution in [3.63, 3.8) is 0 Å². The Kier molecular flexibility index (Phi) is 6.24. The van der Waals surface area contributed by atoms with Crippen LogP contribution in [0, 0.1) is 0 Å². The minimum Gasteiger partial charge on any atom is -0.295 e. The molecule has 0 bridgehead atoms. The molecule has 0 unspecified atom stereocenters. The van der Waals surface area contributed by atoms with Crippen LogP contribution in [0.3, 0.4) is 0 Å². The van der Waals surface area contributed by atoms with Gasteiger partial charge >= 0.3 is 0 Å². The summed E-state index contributed by atoms with van der Waals surface area (Å²) in [6.45, 7) is 3.84. The number of unbranched alkanes of at least 4 members (excludes halogenated alkanes) is 3. The van der Waals surface area contributed by atoms with E-state index in [2.05, 4.69) is 13.0 Å². The second-order valence-electron chi connectivity index (χ2n) is 3.99. The van der Waals surface area contributed by atoms with E-state index in [4.69, 9.17) is 0 Å². The smallest absolute Gasteiger partial charge is 0.159 e. The molecule has 0 aliphatic heterocycles. The minimum atomic E-state index is 0.147. The van der Waals surface area contributed by atoms with E-state index in [1.807, 2.05) is 30.0 Å². The molecular formula is C14H20OS. The Labute approximate surface area is 103 Å². The molecule has 2 heteroatoms. The molecule has 1 nitrogen and oxygen atoms in total. The van der Waals surface area contributed by atoms with E-state index in [0.29, 0.717) is 0 Å². The number of benzene rings is 1. The Balaban J connectivity index is 2.36. The summed E-state index contributed by atoms with van der Waals surface area (Å²) in [4.78, 5) is 12.4. The third-order valence-corrected chi connectivity index (χ3v) is 3.59. The van der Waals surface area contributed by atoms with Crippen LogP contribution in [0.15, 0.2) is 29.2 Å². The summed E-state index contributed by atoms with van der Waals surface area (Å²) in [5.74, 6) is 1.30. The van der Waals surface area contributed by atoms with E-state index in [1.165, 1.54) is 30.6 Å². The highest BCUT2D eigenvalue weighted by Gasteiger charge is 2.00. The fraction of sp³-hybridized carbons (Fsp3) is 0.500. The van der Waals surface area contributed by atoms with Crippen LogP contribution in [0.5, 0.6) is 0 Å². The molecule has 0 saturated heterocycles. The van der Waals surface area contributed by atoms with Crippen molar-refractivity contribution in [1.29, 1.82) is 0 Å². The van der Waals surface area contributed by atoms with Gasteiger partial charge in [-0.3, -0.25) is 4.79 Å². The van der Waals surface area contributed by atoms with E-state index < -0.39 is 0 Å². The molecule has 0 aliphatic rings. The second-order valence-corrected chi connectivity index (χ2v) is 5.16. The lowest BCUT2D eigenvalue weighted by atomic mass is 10.2. The van der Waals surface area contributed by atoms with Crippen molar-refractivity contribution in [3.8, 4) is 0 Å². The fourth-order valence-electron chi connectivity index (χ4n) is 1.52. The van der Waals surface area contributed by atoms with Crippen molar-refractivity contribution in [2.75, 3.05) is 5.75 Å². The molecule has 0 amide bonds. The highest BCUT2D eigenvalue weighted by Crippen LogP contribution is 2.21. The molecule has 0 heterocycles. The molecule has 0 spiro atoms. The normalized spacial score (nSPS) is 10.4. The van der Waals surface area contributed by atoms with Crippen LogP contribution in [0.1, 0.15) is 49.9 Å². The standard InChI is InChI=1S/C14H20OS/c1-3-4-5-6-10-16-14-9-7-8-13(11-14)12(2)15/h7-9,11H,3-6,10H2,1-2H3. The number of carbonyl (C=O) groups is 1. The summed E-state index contributed by atoms with van der Waals surface area (Å²) in [5, 5.41) is 0. The average molecular weight is 236 g/mol. The van der Waals surface area contributed by atoms with Gasteiger partial charge in [0.25, 0.3) is 0 Å². The molecule has 1 aromatic carbocycles. The Morgan fingerprint density at radius 3 is 2.75 bits per heavy atom. The van der Waals surface area contributed by atoms with Gasteiger partial charge in [0, 0.05) is 10.5 Å². The van der Waals surface area contributed by atoms with Crippen molar-refractivity contribution in [2.24, 2.45) is 0 Å². The highest BCUT2D eigenvalue weighted by atomic mass is 32.2. The zero-order valence-corrected chi connectivity index (χ0v) is 11.0. The Morgan fingerprint density at radius 1 is 1.25 bits per heavy atom. The molecule has 0 aromatic heterocycles. The molecule has 0 aliphatic carbocycles. The number of ketones is 1. The molecule has 0 saturated carbocycles. The van der Waals surface area contributed by atoms with Gasteiger partial charge in [0.05, 0.1) is 0 Å². The van der Waals surface area contributed by atoms with E-state index >= 15 is 0 Å². The quantitative estimate of drug-likeness (QED) is 0.392. The number of hydrogen-bond acceptors (Lipinski definition) is 2.